The molecule has 88 valence electrons. The van der Waals surface area contributed by atoms with E-state index in [0.717, 1.165) is 0 Å². The fraction of sp³-hybridized carbons (Fsp3) is 0.222. The highest BCUT2D eigenvalue weighted by atomic mass is 35.5. The second kappa shape index (κ2) is 5.35. The van der Waals surface area contributed by atoms with Crippen LogP contribution in [0.25, 0.3) is 0 Å². The number of amides is 1. The third-order valence-corrected chi connectivity index (χ3v) is 2.14. The lowest BCUT2D eigenvalue weighted by molar-refractivity contribution is -0.116. The summed E-state index contributed by atoms with van der Waals surface area (Å²) in [4.78, 5) is 11.5. The Morgan fingerprint density at radius 3 is 2.94 bits per heavy atom. The Balaban J connectivity index is 1.83. The first-order chi connectivity index (χ1) is 8.24. The van der Waals surface area contributed by atoms with Crippen molar-refractivity contribution in [3.05, 3.63) is 29.7 Å². The molecule has 0 aliphatic carbocycles. The summed E-state index contributed by atoms with van der Waals surface area (Å²) in [7, 11) is 0. The zero-order valence-electron chi connectivity index (χ0n) is 8.75. The molecule has 0 fully saturated rings. The Hall–Kier alpha value is -2.02. The van der Waals surface area contributed by atoms with Crippen molar-refractivity contribution in [2.24, 2.45) is 0 Å². The van der Waals surface area contributed by atoms with Crippen LogP contribution < -0.4 is 5.32 Å². The highest BCUT2D eigenvalue weighted by Gasteiger charge is 2.04. The van der Waals surface area contributed by atoms with Crippen molar-refractivity contribution >= 4 is 23.3 Å². The lowest BCUT2D eigenvalue weighted by Crippen LogP contribution is -2.15. The van der Waals surface area contributed by atoms with Crippen molar-refractivity contribution in [1.82, 2.24) is 25.2 Å². The topological polar surface area (TPSA) is 85.6 Å². The molecule has 1 amide bonds. The van der Waals surface area contributed by atoms with Crippen LogP contribution >= 0.6 is 11.6 Å². The predicted octanol–water partition coefficient (Wildman–Crippen LogP) is 0.750. The van der Waals surface area contributed by atoms with Crippen molar-refractivity contribution in [2.75, 3.05) is 5.32 Å². The largest absolute Gasteiger partial charge is 0.309 e. The number of nitrogens with one attached hydrogen (secondary N) is 1. The molecule has 0 radical (unpaired) electrons. The average Bonchev–Trinajstić information content (AvgIpc) is 2.83. The lowest BCUT2D eigenvalue weighted by atomic mass is 10.4. The Morgan fingerprint density at radius 1 is 1.41 bits per heavy atom. The molecule has 0 aromatic carbocycles. The van der Waals surface area contributed by atoms with E-state index in [1.54, 1.807) is 29.2 Å². The molecule has 1 N–H and O–H groups in total. The van der Waals surface area contributed by atoms with Crippen LogP contribution in [-0.2, 0) is 11.3 Å². The van der Waals surface area contributed by atoms with Gasteiger partial charge in [-0.25, -0.2) is 0 Å². The van der Waals surface area contributed by atoms with Crippen LogP contribution in [-0.4, -0.2) is 31.1 Å². The summed E-state index contributed by atoms with van der Waals surface area (Å²) in [5.74, 6) is 0.204. The van der Waals surface area contributed by atoms with Gasteiger partial charge in [0.2, 0.25) is 5.91 Å². The zero-order valence-corrected chi connectivity index (χ0v) is 9.50. The minimum atomic E-state index is -0.169. The first kappa shape index (κ1) is 11.5. The van der Waals surface area contributed by atoms with Crippen molar-refractivity contribution in [3.8, 4) is 0 Å². The minimum Gasteiger partial charge on any atom is -0.309 e. The molecule has 0 spiro atoms. The Kier molecular flexibility index (Phi) is 3.61. The summed E-state index contributed by atoms with van der Waals surface area (Å²) >= 11 is 5.57. The normalized spacial score (nSPS) is 10.2. The second-order valence-corrected chi connectivity index (χ2v) is 3.59. The van der Waals surface area contributed by atoms with E-state index in [-0.39, 0.29) is 17.5 Å². The van der Waals surface area contributed by atoms with Crippen LogP contribution in [0.5, 0.6) is 0 Å². The van der Waals surface area contributed by atoms with E-state index in [1.165, 1.54) is 0 Å². The summed E-state index contributed by atoms with van der Waals surface area (Å²) in [5, 5.41) is 17.6. The van der Waals surface area contributed by atoms with Gasteiger partial charge in [-0.05, 0) is 12.1 Å². The molecular weight excluding hydrogens is 244 g/mol. The summed E-state index contributed by atoms with van der Waals surface area (Å²) < 4.78 is 1.58. The fourth-order valence-corrected chi connectivity index (χ4v) is 1.26. The van der Waals surface area contributed by atoms with E-state index in [2.05, 4.69) is 25.8 Å². The highest BCUT2D eigenvalue weighted by Crippen LogP contribution is 2.06. The molecule has 2 rings (SSSR count). The molecule has 7 nitrogen and oxygen atoms in total. The second-order valence-electron chi connectivity index (χ2n) is 3.21. The van der Waals surface area contributed by atoms with Crippen molar-refractivity contribution in [2.45, 2.75) is 13.0 Å². The Bertz CT molecular complexity index is 483. The van der Waals surface area contributed by atoms with E-state index in [0.29, 0.717) is 12.4 Å². The van der Waals surface area contributed by atoms with Gasteiger partial charge in [-0.1, -0.05) is 16.8 Å². The molecule has 0 aliphatic heterocycles. The molecule has 8 heteroatoms. The quantitative estimate of drug-likeness (QED) is 0.868. The number of nitrogens with zero attached hydrogens (tertiary/aromatic N) is 5. The SMILES string of the molecule is O=C(CCn1ccnn1)Nc1ccc(Cl)nn1. The number of hydrogen-bond donors (Lipinski definition) is 1. The monoisotopic (exact) mass is 252 g/mol. The van der Waals surface area contributed by atoms with Crippen molar-refractivity contribution in [1.29, 1.82) is 0 Å². The first-order valence-corrected chi connectivity index (χ1v) is 5.25. The van der Waals surface area contributed by atoms with Gasteiger partial charge in [0.15, 0.2) is 11.0 Å². The van der Waals surface area contributed by atoms with Crippen LogP contribution in [0.4, 0.5) is 5.82 Å². The summed E-state index contributed by atoms with van der Waals surface area (Å²) in [6.45, 7) is 0.465. The molecular formula is C9H9ClN6O. The molecule has 0 unspecified atom stereocenters. The molecule has 0 saturated carbocycles. The average molecular weight is 253 g/mol. The van der Waals surface area contributed by atoms with Gasteiger partial charge in [-0.3, -0.25) is 9.48 Å². The standard InChI is InChI=1S/C9H9ClN6O/c10-7-1-2-8(14-13-7)12-9(17)3-5-16-6-4-11-15-16/h1-2,4,6H,3,5H2,(H,12,14,17). The summed E-state index contributed by atoms with van der Waals surface area (Å²) in [5.41, 5.74) is 0. The fourth-order valence-electron chi connectivity index (χ4n) is 1.16. The number of aromatic nitrogens is 5. The van der Waals surface area contributed by atoms with Gasteiger partial charge in [0, 0.05) is 12.6 Å². The maximum atomic E-state index is 11.5. The van der Waals surface area contributed by atoms with E-state index in [4.69, 9.17) is 11.6 Å². The molecule has 2 aromatic heterocycles. The number of halogens is 1. The first-order valence-electron chi connectivity index (χ1n) is 4.87. The highest BCUT2D eigenvalue weighted by molar-refractivity contribution is 6.29. The molecule has 0 atom stereocenters. The molecule has 2 heterocycles. The smallest absolute Gasteiger partial charge is 0.227 e. The zero-order chi connectivity index (χ0) is 12.1. The van der Waals surface area contributed by atoms with E-state index in [1.807, 2.05) is 0 Å². The third-order valence-electron chi connectivity index (χ3n) is 1.94. The van der Waals surface area contributed by atoms with Gasteiger partial charge < -0.3 is 5.32 Å². The number of aryl methyl sites for hydroxylation is 1. The van der Waals surface area contributed by atoms with Gasteiger partial charge in [0.05, 0.1) is 12.7 Å². The van der Waals surface area contributed by atoms with Crippen molar-refractivity contribution in [3.63, 3.8) is 0 Å². The molecule has 0 bridgehead atoms. The van der Waals surface area contributed by atoms with Crippen LogP contribution in [0.1, 0.15) is 6.42 Å². The Labute approximate surface area is 102 Å². The van der Waals surface area contributed by atoms with Crippen LogP contribution in [0.15, 0.2) is 24.5 Å². The third kappa shape index (κ3) is 3.49. The number of hydrogen-bond acceptors (Lipinski definition) is 5. The molecule has 17 heavy (non-hydrogen) atoms. The number of carbonyl (C=O) groups is 1. The number of anilines is 1. The van der Waals surface area contributed by atoms with E-state index in [9.17, 15) is 4.79 Å². The summed E-state index contributed by atoms with van der Waals surface area (Å²) in [6.07, 6.45) is 3.53. The Morgan fingerprint density at radius 2 is 2.29 bits per heavy atom. The lowest BCUT2D eigenvalue weighted by Gasteiger charge is -2.03. The number of rotatable bonds is 4. The predicted molar refractivity (Wildman–Crippen MR) is 60.3 cm³/mol. The van der Waals surface area contributed by atoms with E-state index >= 15 is 0 Å². The van der Waals surface area contributed by atoms with Crippen LogP contribution in [0.2, 0.25) is 5.15 Å². The maximum Gasteiger partial charge on any atom is 0.227 e. The van der Waals surface area contributed by atoms with E-state index < -0.39 is 0 Å². The molecule has 0 saturated heterocycles. The van der Waals surface area contributed by atoms with Crippen molar-refractivity contribution < 1.29 is 4.79 Å². The van der Waals surface area contributed by atoms with Crippen LogP contribution in [0.3, 0.4) is 0 Å². The van der Waals surface area contributed by atoms with Gasteiger partial charge >= 0.3 is 0 Å². The maximum absolute atomic E-state index is 11.5. The molecule has 2 aromatic rings. The molecule has 0 aliphatic rings. The van der Waals surface area contributed by atoms with Crippen LogP contribution in [0, 0.1) is 0 Å². The van der Waals surface area contributed by atoms with Gasteiger partial charge in [0.25, 0.3) is 0 Å². The van der Waals surface area contributed by atoms with Gasteiger partial charge in [0.1, 0.15) is 0 Å². The minimum absolute atomic E-state index is 0.169. The summed E-state index contributed by atoms with van der Waals surface area (Å²) in [6, 6.07) is 3.14. The van der Waals surface area contributed by atoms with Gasteiger partial charge in [-0.2, -0.15) is 0 Å². The van der Waals surface area contributed by atoms with Gasteiger partial charge in [-0.15, -0.1) is 15.3 Å². The number of carbonyl (C=O) groups excluding carboxylic acids is 1.